The van der Waals surface area contributed by atoms with Crippen molar-refractivity contribution in [2.75, 3.05) is 18.4 Å². The molecule has 7 nitrogen and oxygen atoms in total. The summed E-state index contributed by atoms with van der Waals surface area (Å²) in [6, 6.07) is 16.3. The highest BCUT2D eigenvalue weighted by Crippen LogP contribution is 2.22. The predicted octanol–water partition coefficient (Wildman–Crippen LogP) is 3.79. The van der Waals surface area contributed by atoms with E-state index in [0.717, 1.165) is 10.9 Å². The zero-order valence-electron chi connectivity index (χ0n) is 18.0. The van der Waals surface area contributed by atoms with Crippen LogP contribution in [0.2, 0.25) is 0 Å². The van der Waals surface area contributed by atoms with Crippen LogP contribution < -0.4 is 10.1 Å². The van der Waals surface area contributed by atoms with Gasteiger partial charge < -0.3 is 19.5 Å². The molecule has 0 spiro atoms. The van der Waals surface area contributed by atoms with Gasteiger partial charge in [0.25, 0.3) is 5.91 Å². The first-order valence-corrected chi connectivity index (χ1v) is 10.3. The average Bonchev–Trinajstić information content (AvgIpc) is 3.16. The molecule has 7 heteroatoms. The zero-order chi connectivity index (χ0) is 22.4. The van der Waals surface area contributed by atoms with Gasteiger partial charge in [-0.2, -0.15) is 5.26 Å². The third kappa shape index (κ3) is 5.04. The van der Waals surface area contributed by atoms with Crippen LogP contribution in [0.5, 0.6) is 5.75 Å². The summed E-state index contributed by atoms with van der Waals surface area (Å²) < 4.78 is 7.58. The van der Waals surface area contributed by atoms with E-state index in [-0.39, 0.29) is 18.4 Å². The lowest BCUT2D eigenvalue weighted by Crippen LogP contribution is -2.33. The number of amides is 2. The lowest BCUT2D eigenvalue weighted by Gasteiger charge is -2.19. The third-order valence-corrected chi connectivity index (χ3v) is 5.14. The Labute approximate surface area is 181 Å². The normalized spacial score (nSPS) is 11.5. The van der Waals surface area contributed by atoms with Crippen molar-refractivity contribution in [3.8, 4) is 11.8 Å². The van der Waals surface area contributed by atoms with Crippen molar-refractivity contribution in [1.29, 1.82) is 5.26 Å². The van der Waals surface area contributed by atoms with E-state index in [1.54, 1.807) is 42.2 Å². The Morgan fingerprint density at radius 3 is 2.61 bits per heavy atom. The molecule has 2 aromatic carbocycles. The van der Waals surface area contributed by atoms with Crippen molar-refractivity contribution in [2.24, 2.45) is 0 Å². The van der Waals surface area contributed by atoms with Crippen LogP contribution in [0.1, 0.15) is 26.3 Å². The number of para-hydroxylation sites is 1. The minimum Gasteiger partial charge on any atom is -0.480 e. The molecular formula is C24H26N4O3. The second-order valence-corrected chi connectivity index (χ2v) is 7.14. The standard InChI is InChI=1S/C24H26N4O3/c1-4-27(5-2)23(29)16-28-13-12-18-14-20(10-11-21(18)28)26-24(30)17(3)31-22-9-7-6-8-19(22)15-25/h6-14,17H,4-5,16H2,1-3H3,(H,26,30). The van der Waals surface area contributed by atoms with Gasteiger partial charge in [-0.15, -0.1) is 0 Å². The fourth-order valence-electron chi connectivity index (χ4n) is 3.39. The molecule has 0 aliphatic heterocycles. The zero-order valence-corrected chi connectivity index (χ0v) is 18.0. The lowest BCUT2D eigenvalue weighted by atomic mass is 10.2. The number of aromatic nitrogens is 1. The fourth-order valence-corrected chi connectivity index (χ4v) is 3.39. The second-order valence-electron chi connectivity index (χ2n) is 7.14. The molecule has 0 saturated heterocycles. The number of rotatable bonds is 8. The number of ether oxygens (including phenoxy) is 1. The number of nitriles is 1. The van der Waals surface area contributed by atoms with Crippen LogP contribution in [-0.4, -0.2) is 40.5 Å². The van der Waals surface area contributed by atoms with E-state index in [2.05, 4.69) is 11.4 Å². The molecule has 0 radical (unpaired) electrons. The molecule has 1 heterocycles. The topological polar surface area (TPSA) is 87.4 Å². The van der Waals surface area contributed by atoms with E-state index in [0.29, 0.717) is 30.1 Å². The fraction of sp³-hybridized carbons (Fsp3) is 0.292. The van der Waals surface area contributed by atoms with Gasteiger partial charge in [0.2, 0.25) is 5.91 Å². The Balaban J connectivity index is 1.69. The Kier molecular flexibility index (Phi) is 6.93. The summed E-state index contributed by atoms with van der Waals surface area (Å²) in [4.78, 5) is 26.8. The van der Waals surface area contributed by atoms with Gasteiger partial charge >= 0.3 is 0 Å². The van der Waals surface area contributed by atoms with Crippen LogP contribution >= 0.6 is 0 Å². The predicted molar refractivity (Wildman–Crippen MR) is 120 cm³/mol. The molecule has 1 atom stereocenters. The molecule has 0 bridgehead atoms. The second kappa shape index (κ2) is 9.81. The monoisotopic (exact) mass is 418 g/mol. The maximum atomic E-state index is 12.6. The van der Waals surface area contributed by atoms with E-state index in [9.17, 15) is 9.59 Å². The van der Waals surface area contributed by atoms with E-state index >= 15 is 0 Å². The van der Waals surface area contributed by atoms with Gasteiger partial charge in [-0.1, -0.05) is 12.1 Å². The van der Waals surface area contributed by atoms with Gasteiger partial charge in [-0.25, -0.2) is 0 Å². The van der Waals surface area contributed by atoms with Crippen LogP contribution in [0, 0.1) is 11.3 Å². The van der Waals surface area contributed by atoms with Crippen molar-refractivity contribution < 1.29 is 14.3 Å². The number of hydrogen-bond donors (Lipinski definition) is 1. The molecule has 1 unspecified atom stereocenters. The van der Waals surface area contributed by atoms with Gasteiger partial charge in [-0.05, 0) is 57.2 Å². The molecule has 160 valence electrons. The maximum absolute atomic E-state index is 12.6. The van der Waals surface area contributed by atoms with E-state index in [1.807, 2.05) is 42.8 Å². The summed E-state index contributed by atoms with van der Waals surface area (Å²) >= 11 is 0. The van der Waals surface area contributed by atoms with Crippen LogP contribution in [0.3, 0.4) is 0 Å². The Hall–Kier alpha value is -3.79. The molecule has 1 N–H and O–H groups in total. The third-order valence-electron chi connectivity index (χ3n) is 5.14. The van der Waals surface area contributed by atoms with Gasteiger partial charge in [0, 0.05) is 35.9 Å². The summed E-state index contributed by atoms with van der Waals surface area (Å²) in [5.74, 6) is 0.129. The highest BCUT2D eigenvalue weighted by Gasteiger charge is 2.17. The number of nitrogens with one attached hydrogen (secondary N) is 1. The van der Waals surface area contributed by atoms with Gasteiger partial charge in [0.1, 0.15) is 18.4 Å². The number of likely N-dealkylation sites (N-methyl/N-ethyl adjacent to an activating group) is 1. The number of hydrogen-bond acceptors (Lipinski definition) is 4. The van der Waals surface area contributed by atoms with Crippen LogP contribution in [0.4, 0.5) is 5.69 Å². The largest absolute Gasteiger partial charge is 0.480 e. The molecule has 3 aromatic rings. The number of anilines is 1. The SMILES string of the molecule is CCN(CC)C(=O)Cn1ccc2cc(NC(=O)C(C)Oc3ccccc3C#N)ccc21. The Bertz CT molecular complexity index is 1130. The van der Waals surface area contributed by atoms with E-state index < -0.39 is 6.10 Å². The van der Waals surface area contributed by atoms with Crippen LogP contribution in [0.15, 0.2) is 54.7 Å². The Morgan fingerprint density at radius 1 is 1.16 bits per heavy atom. The molecule has 0 aliphatic carbocycles. The number of carbonyl (C=O) groups excluding carboxylic acids is 2. The Morgan fingerprint density at radius 2 is 1.90 bits per heavy atom. The molecule has 3 rings (SSSR count). The van der Waals surface area contributed by atoms with E-state index in [1.165, 1.54) is 0 Å². The van der Waals surface area contributed by atoms with Crippen molar-refractivity contribution in [3.05, 3.63) is 60.3 Å². The highest BCUT2D eigenvalue weighted by molar-refractivity contribution is 5.96. The van der Waals surface area contributed by atoms with Crippen LogP contribution in [-0.2, 0) is 16.1 Å². The molecule has 1 aromatic heterocycles. The summed E-state index contributed by atoms with van der Waals surface area (Å²) in [5, 5.41) is 12.9. The quantitative estimate of drug-likeness (QED) is 0.603. The number of carbonyl (C=O) groups is 2. The average molecular weight is 418 g/mol. The first-order valence-electron chi connectivity index (χ1n) is 10.3. The summed E-state index contributed by atoms with van der Waals surface area (Å²) in [6.45, 7) is 7.21. The van der Waals surface area contributed by atoms with Crippen molar-refractivity contribution in [1.82, 2.24) is 9.47 Å². The first-order chi connectivity index (χ1) is 15.0. The molecular weight excluding hydrogens is 392 g/mol. The van der Waals surface area contributed by atoms with Crippen molar-refractivity contribution in [3.63, 3.8) is 0 Å². The van der Waals surface area contributed by atoms with Gasteiger partial charge in [0.15, 0.2) is 6.10 Å². The summed E-state index contributed by atoms with van der Waals surface area (Å²) in [6.07, 6.45) is 1.10. The molecule has 31 heavy (non-hydrogen) atoms. The number of benzene rings is 2. The molecule has 0 saturated carbocycles. The first kappa shape index (κ1) is 21.9. The van der Waals surface area contributed by atoms with Crippen molar-refractivity contribution in [2.45, 2.75) is 33.4 Å². The van der Waals surface area contributed by atoms with Gasteiger partial charge in [-0.3, -0.25) is 9.59 Å². The van der Waals surface area contributed by atoms with E-state index in [4.69, 9.17) is 10.00 Å². The number of fused-ring (bicyclic) bond motifs is 1. The minimum absolute atomic E-state index is 0.0727. The number of nitrogens with zero attached hydrogens (tertiary/aromatic N) is 3. The highest BCUT2D eigenvalue weighted by atomic mass is 16.5. The van der Waals surface area contributed by atoms with Gasteiger partial charge in [0.05, 0.1) is 5.56 Å². The van der Waals surface area contributed by atoms with Crippen LogP contribution in [0.25, 0.3) is 10.9 Å². The molecule has 0 aliphatic rings. The summed E-state index contributed by atoms with van der Waals surface area (Å²) in [5.41, 5.74) is 1.93. The minimum atomic E-state index is -0.776. The summed E-state index contributed by atoms with van der Waals surface area (Å²) in [7, 11) is 0. The smallest absolute Gasteiger partial charge is 0.265 e. The lowest BCUT2D eigenvalue weighted by molar-refractivity contribution is -0.131. The van der Waals surface area contributed by atoms with Crippen molar-refractivity contribution >= 4 is 28.4 Å². The molecule has 2 amide bonds. The molecule has 0 fully saturated rings. The maximum Gasteiger partial charge on any atom is 0.265 e.